The number of rotatable bonds is 3. The number of aromatic nitrogens is 1. The molecular formula is C27H21NOSe. The molecule has 0 amide bonds. The Morgan fingerprint density at radius 3 is 2.30 bits per heavy atom. The van der Waals surface area contributed by atoms with Crippen molar-refractivity contribution in [3.8, 4) is 11.3 Å². The second kappa shape index (κ2) is 7.60. The first-order valence-electron chi connectivity index (χ1n) is 10.00. The molecule has 0 radical (unpaired) electrons. The van der Waals surface area contributed by atoms with Gasteiger partial charge in [-0.25, -0.2) is 0 Å². The van der Waals surface area contributed by atoms with E-state index in [1.165, 1.54) is 25.1 Å². The molecule has 0 spiro atoms. The molecule has 1 aromatic heterocycles. The summed E-state index contributed by atoms with van der Waals surface area (Å²) in [5.74, 6) is 0.0453. The van der Waals surface area contributed by atoms with Crippen molar-refractivity contribution in [2.75, 3.05) is 0 Å². The van der Waals surface area contributed by atoms with Crippen LogP contribution in [0.25, 0.3) is 32.9 Å². The van der Waals surface area contributed by atoms with Crippen LogP contribution in [0.5, 0.6) is 0 Å². The number of hydrogen-bond acceptors (Lipinski definition) is 1. The fourth-order valence-corrected chi connectivity index (χ4v) is 6.35. The zero-order valence-electron chi connectivity index (χ0n) is 16.9. The van der Waals surface area contributed by atoms with Crippen LogP contribution in [0.4, 0.5) is 0 Å². The van der Waals surface area contributed by atoms with Crippen LogP contribution in [0.2, 0.25) is 0 Å². The second-order valence-corrected chi connectivity index (χ2v) is 9.80. The summed E-state index contributed by atoms with van der Waals surface area (Å²) in [6.45, 7) is 3.74. The monoisotopic (exact) mass is 455 g/mol. The fraction of sp³-hybridized carbons (Fsp3) is 0.0741. The van der Waals surface area contributed by atoms with Gasteiger partial charge in [-0.3, -0.25) is 0 Å². The normalized spacial score (nSPS) is 11.3. The molecule has 0 N–H and O–H groups in total. The van der Waals surface area contributed by atoms with Gasteiger partial charge in [-0.05, 0) is 0 Å². The quantitative estimate of drug-likeness (QED) is 0.349. The van der Waals surface area contributed by atoms with E-state index in [2.05, 4.69) is 91.9 Å². The SMILES string of the molecule is CC(=O)n1c(-c2ccc3ccccc3c2)c([Se]c2ccccc2)c2ccc(C)cc21. The molecule has 0 atom stereocenters. The van der Waals surface area contributed by atoms with Gasteiger partial charge in [-0.15, -0.1) is 0 Å². The second-order valence-electron chi connectivity index (χ2n) is 7.53. The number of carbonyl (C=O) groups excluding carboxylic acids is 1. The van der Waals surface area contributed by atoms with Gasteiger partial charge in [0, 0.05) is 0 Å². The summed E-state index contributed by atoms with van der Waals surface area (Å²) in [4.78, 5) is 12.9. The predicted molar refractivity (Wildman–Crippen MR) is 127 cm³/mol. The predicted octanol–water partition coefficient (Wildman–Crippen LogP) is 5.09. The van der Waals surface area contributed by atoms with Gasteiger partial charge in [0.2, 0.25) is 0 Å². The van der Waals surface area contributed by atoms with Crippen molar-refractivity contribution in [2.24, 2.45) is 0 Å². The average molecular weight is 454 g/mol. The molecule has 146 valence electrons. The molecule has 0 aliphatic carbocycles. The van der Waals surface area contributed by atoms with Crippen molar-refractivity contribution in [3.05, 3.63) is 96.6 Å². The van der Waals surface area contributed by atoms with Crippen molar-refractivity contribution < 1.29 is 4.79 Å². The molecule has 5 rings (SSSR count). The molecule has 3 heteroatoms. The Labute approximate surface area is 182 Å². The summed E-state index contributed by atoms with van der Waals surface area (Å²) >= 11 is 0.0798. The van der Waals surface area contributed by atoms with Crippen LogP contribution in [0.3, 0.4) is 0 Å². The van der Waals surface area contributed by atoms with E-state index in [0.29, 0.717) is 0 Å². The minimum absolute atomic E-state index is 0.0453. The molecular weight excluding hydrogens is 433 g/mol. The number of hydrogen-bond donors (Lipinski definition) is 0. The Morgan fingerprint density at radius 1 is 0.800 bits per heavy atom. The molecule has 30 heavy (non-hydrogen) atoms. The van der Waals surface area contributed by atoms with Gasteiger partial charge in [0.1, 0.15) is 0 Å². The van der Waals surface area contributed by atoms with Gasteiger partial charge in [0.25, 0.3) is 0 Å². The van der Waals surface area contributed by atoms with E-state index in [0.717, 1.165) is 22.3 Å². The molecule has 0 aliphatic heterocycles. The van der Waals surface area contributed by atoms with Crippen LogP contribution in [-0.4, -0.2) is 25.4 Å². The molecule has 0 aliphatic rings. The molecule has 1 heterocycles. The summed E-state index contributed by atoms with van der Waals surface area (Å²) in [6.07, 6.45) is 0. The Morgan fingerprint density at radius 2 is 1.53 bits per heavy atom. The third kappa shape index (κ3) is 3.27. The zero-order chi connectivity index (χ0) is 20.7. The van der Waals surface area contributed by atoms with E-state index in [4.69, 9.17) is 0 Å². The van der Waals surface area contributed by atoms with Crippen molar-refractivity contribution in [1.29, 1.82) is 0 Å². The summed E-state index contributed by atoms with van der Waals surface area (Å²) < 4.78 is 4.47. The first kappa shape index (κ1) is 18.9. The number of benzene rings is 4. The molecule has 4 aromatic carbocycles. The van der Waals surface area contributed by atoms with Crippen LogP contribution < -0.4 is 8.92 Å². The number of fused-ring (bicyclic) bond motifs is 2. The van der Waals surface area contributed by atoms with Gasteiger partial charge >= 0.3 is 182 Å². The molecule has 0 unspecified atom stereocenters. The van der Waals surface area contributed by atoms with Crippen molar-refractivity contribution >= 4 is 51.5 Å². The van der Waals surface area contributed by atoms with Gasteiger partial charge in [-0.2, -0.15) is 0 Å². The standard InChI is InChI=1S/C27H21NOSe/c1-18-12-15-24-25(16-18)28(19(2)29)26(27(24)30-23-10-4-3-5-11-23)22-14-13-20-8-6-7-9-21(20)17-22/h3-17H,1-2H3. The Balaban J connectivity index is 1.84. The van der Waals surface area contributed by atoms with Crippen LogP contribution in [0.1, 0.15) is 17.3 Å². The molecule has 0 saturated heterocycles. The van der Waals surface area contributed by atoms with E-state index in [1.54, 1.807) is 6.92 Å². The molecule has 0 fully saturated rings. The molecule has 2 nitrogen and oxygen atoms in total. The summed E-state index contributed by atoms with van der Waals surface area (Å²) in [5, 5.41) is 3.56. The fourth-order valence-electron chi connectivity index (χ4n) is 4.00. The molecule has 0 bridgehead atoms. The minimum atomic E-state index is 0.0453. The van der Waals surface area contributed by atoms with E-state index in [-0.39, 0.29) is 20.9 Å². The summed E-state index contributed by atoms with van der Waals surface area (Å²) in [7, 11) is 0. The van der Waals surface area contributed by atoms with Crippen LogP contribution in [0.15, 0.2) is 91.0 Å². The Kier molecular flexibility index (Phi) is 4.78. The first-order chi connectivity index (χ1) is 14.6. The molecule has 5 aromatic rings. The van der Waals surface area contributed by atoms with Gasteiger partial charge < -0.3 is 0 Å². The Bertz CT molecular complexity index is 1400. The van der Waals surface area contributed by atoms with Gasteiger partial charge in [0.05, 0.1) is 0 Å². The van der Waals surface area contributed by atoms with Crippen LogP contribution >= 0.6 is 0 Å². The topological polar surface area (TPSA) is 22.0 Å². The van der Waals surface area contributed by atoms with Crippen molar-refractivity contribution in [1.82, 2.24) is 4.57 Å². The van der Waals surface area contributed by atoms with Crippen molar-refractivity contribution in [2.45, 2.75) is 13.8 Å². The first-order valence-corrected chi connectivity index (χ1v) is 11.7. The number of nitrogens with zero attached hydrogens (tertiary/aromatic N) is 1. The van der Waals surface area contributed by atoms with Crippen LogP contribution in [0, 0.1) is 6.92 Å². The Hall–Kier alpha value is -3.13. The summed E-state index contributed by atoms with van der Waals surface area (Å²) in [6, 6.07) is 31.9. The van der Waals surface area contributed by atoms with Gasteiger partial charge in [0.15, 0.2) is 0 Å². The van der Waals surface area contributed by atoms with E-state index in [1.807, 2.05) is 10.6 Å². The van der Waals surface area contributed by atoms with Gasteiger partial charge in [-0.1, -0.05) is 0 Å². The summed E-state index contributed by atoms with van der Waals surface area (Å²) in [5.41, 5.74) is 4.27. The maximum absolute atomic E-state index is 12.9. The number of aryl methyl sites for hydroxylation is 1. The van der Waals surface area contributed by atoms with E-state index in [9.17, 15) is 4.79 Å². The zero-order valence-corrected chi connectivity index (χ0v) is 18.6. The number of carbonyl (C=O) groups is 1. The average Bonchev–Trinajstić information content (AvgIpc) is 3.07. The third-order valence-electron chi connectivity index (χ3n) is 5.38. The third-order valence-corrected chi connectivity index (χ3v) is 7.74. The van der Waals surface area contributed by atoms with E-state index < -0.39 is 0 Å². The molecule has 0 saturated carbocycles. The van der Waals surface area contributed by atoms with E-state index >= 15 is 0 Å². The maximum atomic E-state index is 12.9. The van der Waals surface area contributed by atoms with Crippen LogP contribution in [-0.2, 0) is 0 Å². The van der Waals surface area contributed by atoms with Crippen molar-refractivity contribution in [3.63, 3.8) is 0 Å².